The van der Waals surface area contributed by atoms with Gasteiger partial charge in [-0.25, -0.2) is 9.97 Å². The highest BCUT2D eigenvalue weighted by Gasteiger charge is 2.34. The summed E-state index contributed by atoms with van der Waals surface area (Å²) in [5.74, 6) is 0.909. The van der Waals surface area contributed by atoms with Crippen LogP contribution in [0.5, 0.6) is 0 Å². The first kappa shape index (κ1) is 11.0. The van der Waals surface area contributed by atoms with Gasteiger partial charge in [0.15, 0.2) is 0 Å². The monoisotopic (exact) mass is 232 g/mol. The summed E-state index contributed by atoms with van der Waals surface area (Å²) in [6, 6.07) is 1.24. The Morgan fingerprint density at radius 1 is 1.24 bits per heavy atom. The van der Waals surface area contributed by atoms with Crippen LogP contribution in [0.25, 0.3) is 0 Å². The fourth-order valence-corrected chi connectivity index (χ4v) is 3.03. The predicted molar refractivity (Wildman–Crippen MR) is 68.2 cm³/mol. The lowest BCUT2D eigenvalue weighted by atomic mass is 10.0. The Morgan fingerprint density at radius 3 is 2.76 bits per heavy atom. The molecule has 2 unspecified atom stereocenters. The van der Waals surface area contributed by atoms with Crippen LogP contribution in [-0.2, 0) is 0 Å². The lowest BCUT2D eigenvalue weighted by molar-refractivity contribution is 0.478. The van der Waals surface area contributed by atoms with Crippen molar-refractivity contribution >= 4 is 5.95 Å². The summed E-state index contributed by atoms with van der Waals surface area (Å²) in [4.78, 5) is 11.3. The number of hydrogen-bond donors (Lipinski definition) is 1. The zero-order valence-corrected chi connectivity index (χ0v) is 10.4. The molecule has 4 heteroatoms. The molecule has 92 valence electrons. The molecule has 0 aromatic carbocycles. The van der Waals surface area contributed by atoms with Gasteiger partial charge >= 0.3 is 0 Å². The Morgan fingerprint density at radius 2 is 2.06 bits per heavy atom. The normalized spacial score (nSPS) is 28.9. The molecule has 0 saturated carbocycles. The Bertz CT molecular complexity index is 370. The van der Waals surface area contributed by atoms with Gasteiger partial charge in [0.05, 0.1) is 0 Å². The quantitative estimate of drug-likeness (QED) is 0.839. The number of nitrogens with one attached hydrogen (secondary N) is 1. The first-order valence-electron chi connectivity index (χ1n) is 6.63. The Labute approximate surface area is 102 Å². The molecular formula is C13H20N4. The number of anilines is 1. The zero-order valence-electron chi connectivity index (χ0n) is 10.4. The van der Waals surface area contributed by atoms with Crippen molar-refractivity contribution < 1.29 is 0 Å². The largest absolute Gasteiger partial charge is 0.336 e. The van der Waals surface area contributed by atoms with Gasteiger partial charge in [0, 0.05) is 31.0 Å². The topological polar surface area (TPSA) is 41.1 Å². The fraction of sp³-hybridized carbons (Fsp3) is 0.692. The third-order valence-corrected chi connectivity index (χ3v) is 3.89. The van der Waals surface area contributed by atoms with Crippen molar-refractivity contribution in [1.82, 2.24) is 15.3 Å². The smallest absolute Gasteiger partial charge is 0.225 e. The van der Waals surface area contributed by atoms with Gasteiger partial charge < -0.3 is 10.2 Å². The lowest BCUT2D eigenvalue weighted by Gasteiger charge is -2.29. The van der Waals surface area contributed by atoms with Gasteiger partial charge in [-0.1, -0.05) is 0 Å². The standard InChI is InChI=1S/C13H20N4/c1-10-8-15-13(16-9-10)17-7-3-5-12(17)11-4-2-6-14-11/h8-9,11-12,14H,2-7H2,1H3. The van der Waals surface area contributed by atoms with E-state index in [4.69, 9.17) is 0 Å². The molecule has 2 atom stereocenters. The van der Waals surface area contributed by atoms with Crippen LogP contribution in [0.2, 0.25) is 0 Å². The van der Waals surface area contributed by atoms with Gasteiger partial charge in [-0.2, -0.15) is 0 Å². The molecule has 2 fully saturated rings. The Hall–Kier alpha value is -1.16. The third kappa shape index (κ3) is 2.14. The summed E-state index contributed by atoms with van der Waals surface area (Å²) >= 11 is 0. The van der Waals surface area contributed by atoms with E-state index in [0.717, 1.165) is 18.1 Å². The summed E-state index contributed by atoms with van der Waals surface area (Å²) in [6.07, 6.45) is 8.98. The third-order valence-electron chi connectivity index (χ3n) is 3.89. The zero-order chi connectivity index (χ0) is 11.7. The van der Waals surface area contributed by atoms with Crippen molar-refractivity contribution in [3.63, 3.8) is 0 Å². The molecule has 0 radical (unpaired) electrons. The van der Waals surface area contributed by atoms with Gasteiger partial charge in [0.25, 0.3) is 0 Å². The summed E-state index contributed by atoms with van der Waals surface area (Å²) in [6.45, 7) is 4.30. The summed E-state index contributed by atoms with van der Waals surface area (Å²) in [7, 11) is 0. The van der Waals surface area contributed by atoms with Gasteiger partial charge in [-0.15, -0.1) is 0 Å². The van der Waals surface area contributed by atoms with E-state index in [9.17, 15) is 0 Å². The second-order valence-electron chi connectivity index (χ2n) is 5.17. The van der Waals surface area contributed by atoms with Crippen LogP contribution in [0.4, 0.5) is 5.95 Å². The lowest BCUT2D eigenvalue weighted by Crippen LogP contribution is -2.44. The van der Waals surface area contributed by atoms with Gasteiger partial charge in [0.1, 0.15) is 0 Å². The molecule has 1 aromatic rings. The highest BCUT2D eigenvalue weighted by molar-refractivity contribution is 5.34. The summed E-state index contributed by atoms with van der Waals surface area (Å²) < 4.78 is 0. The van der Waals surface area contributed by atoms with E-state index >= 15 is 0 Å². The van der Waals surface area contributed by atoms with Crippen molar-refractivity contribution in [3.05, 3.63) is 18.0 Å². The van der Waals surface area contributed by atoms with E-state index in [1.54, 1.807) is 0 Å². The second-order valence-corrected chi connectivity index (χ2v) is 5.17. The van der Waals surface area contributed by atoms with Crippen LogP contribution in [0.1, 0.15) is 31.2 Å². The van der Waals surface area contributed by atoms with E-state index < -0.39 is 0 Å². The maximum Gasteiger partial charge on any atom is 0.225 e. The SMILES string of the molecule is Cc1cnc(N2CCCC2C2CCCN2)nc1. The molecule has 1 N–H and O–H groups in total. The molecule has 3 rings (SSSR count). The Kier molecular flexibility index (Phi) is 2.97. The molecule has 2 saturated heterocycles. The molecular weight excluding hydrogens is 212 g/mol. The van der Waals surface area contributed by atoms with Crippen molar-refractivity contribution in [2.75, 3.05) is 18.0 Å². The van der Waals surface area contributed by atoms with Crippen molar-refractivity contribution in [1.29, 1.82) is 0 Å². The van der Waals surface area contributed by atoms with Crippen LogP contribution < -0.4 is 10.2 Å². The van der Waals surface area contributed by atoms with Crippen LogP contribution in [-0.4, -0.2) is 35.1 Å². The summed E-state index contributed by atoms with van der Waals surface area (Å²) in [5, 5.41) is 3.61. The molecule has 0 aliphatic carbocycles. The minimum atomic E-state index is 0.597. The highest BCUT2D eigenvalue weighted by Crippen LogP contribution is 2.27. The second kappa shape index (κ2) is 4.61. The summed E-state index contributed by atoms with van der Waals surface area (Å²) in [5.41, 5.74) is 1.13. The molecule has 3 heterocycles. The Balaban J connectivity index is 1.78. The van der Waals surface area contributed by atoms with Crippen molar-refractivity contribution in [2.45, 2.75) is 44.7 Å². The number of aromatic nitrogens is 2. The maximum absolute atomic E-state index is 4.47. The number of rotatable bonds is 2. The minimum absolute atomic E-state index is 0.597. The first-order chi connectivity index (χ1) is 8.34. The number of nitrogens with zero attached hydrogens (tertiary/aromatic N) is 3. The fourth-order valence-electron chi connectivity index (χ4n) is 3.03. The number of hydrogen-bond acceptors (Lipinski definition) is 4. The molecule has 0 spiro atoms. The average molecular weight is 232 g/mol. The van der Waals surface area contributed by atoms with Crippen molar-refractivity contribution in [3.8, 4) is 0 Å². The van der Waals surface area contributed by atoms with Crippen molar-refractivity contribution in [2.24, 2.45) is 0 Å². The highest BCUT2D eigenvalue weighted by atomic mass is 15.3. The van der Waals surface area contributed by atoms with Crippen LogP contribution in [0, 0.1) is 6.92 Å². The molecule has 0 amide bonds. The van der Waals surface area contributed by atoms with E-state index in [-0.39, 0.29) is 0 Å². The molecule has 2 aliphatic rings. The minimum Gasteiger partial charge on any atom is -0.336 e. The number of aryl methyl sites for hydroxylation is 1. The van der Waals surface area contributed by atoms with Crippen LogP contribution in [0.3, 0.4) is 0 Å². The molecule has 0 bridgehead atoms. The van der Waals surface area contributed by atoms with Gasteiger partial charge in [-0.3, -0.25) is 0 Å². The first-order valence-corrected chi connectivity index (χ1v) is 6.63. The molecule has 4 nitrogen and oxygen atoms in total. The van der Waals surface area contributed by atoms with E-state index in [0.29, 0.717) is 12.1 Å². The van der Waals surface area contributed by atoms with Gasteiger partial charge in [0.2, 0.25) is 5.95 Å². The molecule has 17 heavy (non-hydrogen) atoms. The average Bonchev–Trinajstić information content (AvgIpc) is 3.00. The van der Waals surface area contributed by atoms with E-state index in [2.05, 4.69) is 20.2 Å². The van der Waals surface area contributed by atoms with Gasteiger partial charge in [-0.05, 0) is 44.7 Å². The molecule has 1 aromatic heterocycles. The maximum atomic E-state index is 4.47. The predicted octanol–water partition coefficient (Wildman–Crippen LogP) is 1.51. The van der Waals surface area contributed by atoms with E-state index in [1.165, 1.54) is 32.2 Å². The van der Waals surface area contributed by atoms with Crippen LogP contribution >= 0.6 is 0 Å². The van der Waals surface area contributed by atoms with E-state index in [1.807, 2.05) is 19.3 Å². The van der Waals surface area contributed by atoms with Crippen LogP contribution in [0.15, 0.2) is 12.4 Å². The molecule has 2 aliphatic heterocycles.